The monoisotopic (exact) mass is 615 g/mol. The highest BCUT2D eigenvalue weighted by Crippen LogP contribution is 2.38. The van der Waals surface area contributed by atoms with Gasteiger partial charge in [-0.3, -0.25) is 14.2 Å². The van der Waals surface area contributed by atoms with Gasteiger partial charge in [-0.15, -0.1) is 0 Å². The first-order chi connectivity index (χ1) is 21.2. The molecule has 2 aromatic carbocycles. The molecule has 0 aliphatic carbocycles. The van der Waals surface area contributed by atoms with E-state index in [9.17, 15) is 14.4 Å². The number of ether oxygens (including phenoxy) is 3. The number of aromatic nitrogens is 1. The predicted octanol–water partition coefficient (Wildman–Crippen LogP) is 4.17. The lowest BCUT2D eigenvalue weighted by atomic mass is 9.93. The van der Waals surface area contributed by atoms with Crippen molar-refractivity contribution >= 4 is 29.3 Å². The Morgan fingerprint density at radius 1 is 1.05 bits per heavy atom. The first-order valence-electron chi connectivity index (χ1n) is 14.1. The maximum absolute atomic E-state index is 14.1. The van der Waals surface area contributed by atoms with E-state index in [1.54, 1.807) is 85.2 Å². The number of rotatable bonds is 9. The molecule has 228 valence electrons. The van der Waals surface area contributed by atoms with E-state index in [-0.39, 0.29) is 11.5 Å². The Morgan fingerprint density at radius 3 is 2.50 bits per heavy atom. The number of amides is 1. The van der Waals surface area contributed by atoms with E-state index in [1.807, 2.05) is 19.9 Å². The van der Waals surface area contributed by atoms with Crippen molar-refractivity contribution in [1.82, 2.24) is 9.47 Å². The molecule has 11 heteroatoms. The fraction of sp³-hybridized carbons (Fsp3) is 0.273. The smallest absolute Gasteiger partial charge is 0.337 e. The molecule has 2 aromatic heterocycles. The van der Waals surface area contributed by atoms with Crippen molar-refractivity contribution in [2.24, 2.45) is 4.99 Å². The highest BCUT2D eigenvalue weighted by molar-refractivity contribution is 7.07. The second kappa shape index (κ2) is 12.8. The maximum Gasteiger partial charge on any atom is 0.337 e. The van der Waals surface area contributed by atoms with Crippen molar-refractivity contribution in [2.45, 2.75) is 26.8 Å². The summed E-state index contributed by atoms with van der Waals surface area (Å²) in [6, 6.07) is 14.9. The second-order valence-electron chi connectivity index (χ2n) is 9.94. The van der Waals surface area contributed by atoms with E-state index in [0.717, 1.165) is 0 Å². The third-order valence-electron chi connectivity index (χ3n) is 7.50. The molecule has 1 aliphatic rings. The summed E-state index contributed by atoms with van der Waals surface area (Å²) in [5, 5.41) is 0. The Balaban J connectivity index is 1.66. The van der Waals surface area contributed by atoms with Crippen LogP contribution in [0.3, 0.4) is 0 Å². The van der Waals surface area contributed by atoms with Crippen LogP contribution in [0, 0.1) is 0 Å². The molecule has 1 amide bonds. The molecule has 0 saturated carbocycles. The third kappa shape index (κ3) is 5.58. The number of esters is 1. The van der Waals surface area contributed by atoms with Gasteiger partial charge in [0.15, 0.2) is 4.80 Å². The van der Waals surface area contributed by atoms with Crippen molar-refractivity contribution in [1.29, 1.82) is 0 Å². The number of nitrogens with zero attached hydrogens (tertiary/aromatic N) is 3. The van der Waals surface area contributed by atoms with Crippen LogP contribution in [0.4, 0.5) is 0 Å². The Kier molecular flexibility index (Phi) is 8.86. The molecule has 0 N–H and O–H groups in total. The minimum atomic E-state index is -0.806. The van der Waals surface area contributed by atoms with Gasteiger partial charge in [-0.25, -0.2) is 9.79 Å². The fourth-order valence-corrected chi connectivity index (χ4v) is 6.28. The number of furan rings is 1. The van der Waals surface area contributed by atoms with Crippen molar-refractivity contribution in [3.8, 4) is 22.8 Å². The van der Waals surface area contributed by atoms with Crippen LogP contribution in [0.2, 0.25) is 0 Å². The second-order valence-corrected chi connectivity index (χ2v) is 11.0. The number of thiazole rings is 1. The van der Waals surface area contributed by atoms with Crippen LogP contribution in [0.25, 0.3) is 17.4 Å². The van der Waals surface area contributed by atoms with Gasteiger partial charge in [0.05, 0.1) is 42.7 Å². The Morgan fingerprint density at radius 2 is 1.82 bits per heavy atom. The minimum Gasteiger partial charge on any atom is -0.497 e. The Bertz CT molecular complexity index is 1950. The van der Waals surface area contributed by atoms with Crippen molar-refractivity contribution in [2.75, 3.05) is 34.4 Å². The summed E-state index contributed by atoms with van der Waals surface area (Å²) in [6.07, 6.45) is 1.66. The van der Waals surface area contributed by atoms with Gasteiger partial charge in [0.2, 0.25) is 0 Å². The lowest BCUT2D eigenvalue weighted by molar-refractivity contribution is -0.127. The molecule has 5 rings (SSSR count). The van der Waals surface area contributed by atoms with Gasteiger partial charge in [0.1, 0.15) is 29.1 Å². The molecule has 0 spiro atoms. The van der Waals surface area contributed by atoms with E-state index in [2.05, 4.69) is 0 Å². The van der Waals surface area contributed by atoms with E-state index in [0.29, 0.717) is 73.4 Å². The van der Waals surface area contributed by atoms with Crippen LogP contribution in [0.1, 0.15) is 48.5 Å². The highest BCUT2D eigenvalue weighted by atomic mass is 32.1. The highest BCUT2D eigenvalue weighted by Gasteiger charge is 2.36. The summed E-state index contributed by atoms with van der Waals surface area (Å²) in [7, 11) is 4.44. The minimum absolute atomic E-state index is 0.203. The average Bonchev–Trinajstić information content (AvgIpc) is 3.64. The third-order valence-corrected chi connectivity index (χ3v) is 8.49. The molecule has 4 aromatic rings. The molecule has 44 heavy (non-hydrogen) atoms. The van der Waals surface area contributed by atoms with E-state index in [1.165, 1.54) is 18.4 Å². The SMILES string of the molecule is CCN(CC)C(=O)C1=C(C)N=c2s/c(=C/c3ccc(-c4cccc(C(=O)OC)c4)o3)c(=O)n2[C@@H]1c1cc(OC)ccc1OC. The number of methoxy groups -OCH3 is 3. The van der Waals surface area contributed by atoms with Gasteiger partial charge < -0.3 is 23.5 Å². The first kappa shape index (κ1) is 30.6. The molecule has 0 fully saturated rings. The van der Waals surface area contributed by atoms with E-state index in [4.69, 9.17) is 23.6 Å². The summed E-state index contributed by atoms with van der Waals surface area (Å²) in [4.78, 5) is 46.9. The van der Waals surface area contributed by atoms with Crippen LogP contribution >= 0.6 is 11.3 Å². The largest absolute Gasteiger partial charge is 0.497 e. The molecule has 0 saturated heterocycles. The number of fused-ring (bicyclic) bond motifs is 1. The van der Waals surface area contributed by atoms with Gasteiger partial charge in [-0.05, 0) is 63.2 Å². The number of benzene rings is 2. The summed E-state index contributed by atoms with van der Waals surface area (Å²) in [5.41, 5.74) is 2.28. The molecule has 0 radical (unpaired) electrons. The van der Waals surface area contributed by atoms with Gasteiger partial charge in [0.25, 0.3) is 11.5 Å². The maximum atomic E-state index is 14.1. The van der Waals surface area contributed by atoms with Gasteiger partial charge in [0, 0.05) is 30.3 Å². The molecule has 0 unspecified atom stereocenters. The normalized spacial score (nSPS) is 14.6. The number of hydrogen-bond acceptors (Lipinski definition) is 9. The number of carbonyl (C=O) groups is 2. The van der Waals surface area contributed by atoms with Crippen molar-refractivity contribution in [3.63, 3.8) is 0 Å². The van der Waals surface area contributed by atoms with Gasteiger partial charge in [-0.1, -0.05) is 23.5 Å². The summed E-state index contributed by atoms with van der Waals surface area (Å²) in [5.74, 6) is 1.39. The van der Waals surface area contributed by atoms with Crippen LogP contribution in [0.5, 0.6) is 11.5 Å². The van der Waals surface area contributed by atoms with E-state index < -0.39 is 12.0 Å². The zero-order valence-electron chi connectivity index (χ0n) is 25.4. The number of carbonyl (C=O) groups excluding carboxylic acids is 2. The standard InChI is InChI=1S/C33H33N3O7S/c1-7-35(8-2)31(38)28-19(3)34-33-36(29(28)24-17-22(40-4)12-15-26(24)41-5)30(37)27(44-33)18-23-13-14-25(43-23)20-10-9-11-21(16-20)32(39)42-6/h9-18,29H,7-8H2,1-6H3/b27-18+/t29-/m1/s1. The number of hydrogen-bond donors (Lipinski definition) is 0. The summed E-state index contributed by atoms with van der Waals surface area (Å²) in [6.45, 7) is 6.62. The summed E-state index contributed by atoms with van der Waals surface area (Å²) >= 11 is 1.21. The molecule has 1 atom stereocenters. The van der Waals surface area contributed by atoms with Crippen molar-refractivity contribution in [3.05, 3.63) is 102 Å². The predicted molar refractivity (Wildman–Crippen MR) is 167 cm³/mol. The molecular formula is C33H33N3O7S. The quantitative estimate of drug-likeness (QED) is 0.260. The fourth-order valence-electron chi connectivity index (χ4n) is 5.26. The first-order valence-corrected chi connectivity index (χ1v) is 14.9. The molecule has 10 nitrogen and oxygen atoms in total. The van der Waals surface area contributed by atoms with Gasteiger partial charge in [-0.2, -0.15) is 0 Å². The zero-order valence-corrected chi connectivity index (χ0v) is 26.2. The van der Waals surface area contributed by atoms with E-state index >= 15 is 0 Å². The van der Waals surface area contributed by atoms with Gasteiger partial charge >= 0.3 is 5.97 Å². The lowest BCUT2D eigenvalue weighted by Gasteiger charge is -2.30. The average molecular weight is 616 g/mol. The summed E-state index contributed by atoms with van der Waals surface area (Å²) < 4.78 is 24.0. The Hall–Kier alpha value is -4.90. The van der Waals surface area contributed by atoms with Crippen molar-refractivity contribution < 1.29 is 28.2 Å². The van der Waals surface area contributed by atoms with Crippen LogP contribution in [0.15, 0.2) is 80.1 Å². The topological polar surface area (TPSA) is 113 Å². The zero-order chi connectivity index (χ0) is 31.5. The lowest BCUT2D eigenvalue weighted by Crippen LogP contribution is -2.43. The number of allylic oxidation sites excluding steroid dienone is 1. The molecule has 1 aliphatic heterocycles. The Labute approximate surface area is 258 Å². The molecular weight excluding hydrogens is 582 g/mol. The molecule has 0 bridgehead atoms. The van der Waals surface area contributed by atoms with Crippen LogP contribution in [-0.2, 0) is 9.53 Å². The van der Waals surface area contributed by atoms with Crippen LogP contribution < -0.4 is 24.4 Å². The van der Waals surface area contributed by atoms with Crippen LogP contribution in [-0.4, -0.2) is 55.8 Å². The molecule has 3 heterocycles. The number of likely N-dealkylation sites (N-methyl/N-ethyl adjacent to an activating group) is 1.